The molecule has 1 aliphatic rings. The monoisotopic (exact) mass is 415 g/mol. The molecule has 4 unspecified atom stereocenters. The first kappa shape index (κ1) is 20.6. The largest absolute Gasteiger partial charge is 0.394 e. The molecule has 4 rings (SSSR count). The Balaban J connectivity index is 1.65. The molecule has 0 saturated carbocycles. The van der Waals surface area contributed by atoms with E-state index in [1.54, 1.807) is 0 Å². The molecule has 3 aromatic rings. The Labute approximate surface area is 173 Å². The number of aliphatic hydroxyl groups excluding tert-OH is 4. The maximum Gasteiger partial charge on any atom is 0.167 e. The topological polar surface area (TPSA) is 137 Å². The summed E-state index contributed by atoms with van der Waals surface area (Å²) in [7, 11) is 1.81. The van der Waals surface area contributed by atoms with E-state index in [1.807, 2.05) is 49.2 Å². The summed E-state index contributed by atoms with van der Waals surface area (Å²) in [6.45, 7) is 1.47. The molecular formula is C20H25N5O5. The number of likely N-dealkylation sites (N-methyl/N-ethyl adjacent to an activating group) is 1. The van der Waals surface area contributed by atoms with Crippen molar-refractivity contribution in [1.29, 1.82) is 0 Å². The van der Waals surface area contributed by atoms with Gasteiger partial charge < -0.3 is 30.1 Å². The van der Waals surface area contributed by atoms with Crippen LogP contribution in [0.2, 0.25) is 0 Å². The Morgan fingerprint density at radius 3 is 2.53 bits per heavy atom. The average molecular weight is 415 g/mol. The molecule has 1 aromatic carbocycles. The van der Waals surface area contributed by atoms with Crippen LogP contribution in [0.3, 0.4) is 0 Å². The van der Waals surface area contributed by atoms with Gasteiger partial charge in [0.1, 0.15) is 24.6 Å². The van der Waals surface area contributed by atoms with E-state index in [-0.39, 0.29) is 6.04 Å². The van der Waals surface area contributed by atoms with E-state index in [0.717, 1.165) is 5.56 Å². The van der Waals surface area contributed by atoms with Gasteiger partial charge in [-0.1, -0.05) is 30.3 Å². The summed E-state index contributed by atoms with van der Waals surface area (Å²) >= 11 is 0. The van der Waals surface area contributed by atoms with Gasteiger partial charge in [0, 0.05) is 7.05 Å². The number of aromatic nitrogens is 4. The summed E-state index contributed by atoms with van der Waals surface area (Å²) < 4.78 is 7.10. The van der Waals surface area contributed by atoms with Gasteiger partial charge in [-0.15, -0.1) is 0 Å². The maximum atomic E-state index is 10.8. The number of aliphatic hydroxyl groups is 4. The molecule has 0 spiro atoms. The van der Waals surface area contributed by atoms with Crippen LogP contribution >= 0.6 is 0 Å². The maximum absolute atomic E-state index is 10.8. The lowest BCUT2D eigenvalue weighted by Gasteiger charge is -2.30. The zero-order valence-corrected chi connectivity index (χ0v) is 16.6. The first-order chi connectivity index (χ1) is 14.4. The van der Waals surface area contributed by atoms with Crippen LogP contribution in [-0.4, -0.2) is 78.0 Å². The minimum absolute atomic E-state index is 0.315. The highest BCUT2D eigenvalue weighted by atomic mass is 16.6. The van der Waals surface area contributed by atoms with Crippen LogP contribution in [0.15, 0.2) is 43.0 Å². The van der Waals surface area contributed by atoms with Crippen LogP contribution in [-0.2, 0) is 4.74 Å². The van der Waals surface area contributed by atoms with Crippen LogP contribution in [0.25, 0.3) is 11.2 Å². The SMILES string of the molecule is C[C@H]([C@@H](O)c1ccccc1)N(C)c1ncnc2c1ncn2C1OC(CO)C(O)C1O. The number of fused-ring (bicyclic) bond motifs is 1. The third-order valence-electron chi connectivity index (χ3n) is 5.67. The zero-order valence-electron chi connectivity index (χ0n) is 16.6. The quantitative estimate of drug-likeness (QED) is 0.438. The molecule has 1 fully saturated rings. The summed E-state index contributed by atoms with van der Waals surface area (Å²) in [5, 5.41) is 40.5. The molecule has 3 heterocycles. The van der Waals surface area contributed by atoms with Crippen LogP contribution in [0.5, 0.6) is 0 Å². The fourth-order valence-corrected chi connectivity index (χ4v) is 3.73. The van der Waals surface area contributed by atoms with Crippen molar-refractivity contribution < 1.29 is 25.2 Å². The van der Waals surface area contributed by atoms with Gasteiger partial charge in [0.2, 0.25) is 0 Å². The Hall–Kier alpha value is -2.63. The van der Waals surface area contributed by atoms with Crippen LogP contribution < -0.4 is 4.90 Å². The highest BCUT2D eigenvalue weighted by Gasteiger charge is 2.44. The molecule has 10 nitrogen and oxygen atoms in total. The second-order valence-corrected chi connectivity index (χ2v) is 7.46. The molecule has 4 N–H and O–H groups in total. The molecule has 0 amide bonds. The van der Waals surface area contributed by atoms with E-state index >= 15 is 0 Å². The molecule has 10 heteroatoms. The van der Waals surface area contributed by atoms with Crippen molar-refractivity contribution in [2.45, 2.75) is 43.6 Å². The smallest absolute Gasteiger partial charge is 0.167 e. The minimum atomic E-state index is -1.24. The third-order valence-corrected chi connectivity index (χ3v) is 5.67. The van der Waals surface area contributed by atoms with Gasteiger partial charge in [0.05, 0.1) is 25.1 Å². The Bertz CT molecular complexity index is 1000. The molecule has 30 heavy (non-hydrogen) atoms. The molecule has 2 aromatic heterocycles. The fourth-order valence-electron chi connectivity index (χ4n) is 3.73. The van der Waals surface area contributed by atoms with E-state index in [0.29, 0.717) is 17.0 Å². The lowest BCUT2D eigenvalue weighted by molar-refractivity contribution is -0.0511. The summed E-state index contributed by atoms with van der Waals surface area (Å²) in [4.78, 5) is 14.8. The van der Waals surface area contributed by atoms with Gasteiger partial charge >= 0.3 is 0 Å². The summed E-state index contributed by atoms with van der Waals surface area (Å²) in [6.07, 6.45) is -2.22. The van der Waals surface area contributed by atoms with Gasteiger partial charge in [0.15, 0.2) is 23.2 Å². The molecular weight excluding hydrogens is 390 g/mol. The van der Waals surface area contributed by atoms with Crippen LogP contribution in [0, 0.1) is 0 Å². The Morgan fingerprint density at radius 2 is 1.87 bits per heavy atom. The molecule has 0 aliphatic carbocycles. The second kappa shape index (κ2) is 8.25. The predicted molar refractivity (Wildman–Crippen MR) is 108 cm³/mol. The van der Waals surface area contributed by atoms with Crippen molar-refractivity contribution in [3.8, 4) is 0 Å². The standard InChI is InChI=1S/C20H25N5O5/c1-11(15(27)12-6-4-3-5-7-12)24(2)18-14-19(22-9-21-18)25(10-23-14)20-17(29)16(28)13(8-26)30-20/h3-7,9-11,13,15-17,20,26-29H,8H2,1-2H3/t11-,13?,15-,16?,17?,20?/m1/s1. The third kappa shape index (κ3) is 3.42. The molecule has 1 aliphatic heterocycles. The molecule has 0 bridgehead atoms. The van der Waals surface area contributed by atoms with Crippen molar-refractivity contribution in [2.75, 3.05) is 18.6 Å². The molecule has 6 atom stereocenters. The molecule has 1 saturated heterocycles. The normalized spacial score (nSPS) is 26.1. The summed E-state index contributed by atoms with van der Waals surface area (Å²) in [5.74, 6) is 0.507. The number of benzene rings is 1. The number of nitrogens with zero attached hydrogens (tertiary/aromatic N) is 5. The van der Waals surface area contributed by atoms with Crippen molar-refractivity contribution in [3.63, 3.8) is 0 Å². The second-order valence-electron chi connectivity index (χ2n) is 7.46. The number of imidazole rings is 1. The number of rotatable bonds is 6. The van der Waals surface area contributed by atoms with Crippen LogP contribution in [0.4, 0.5) is 5.82 Å². The predicted octanol–water partition coefficient (Wildman–Crippen LogP) is -0.00390. The van der Waals surface area contributed by atoms with Crippen molar-refractivity contribution >= 4 is 17.0 Å². The van der Waals surface area contributed by atoms with E-state index < -0.39 is 37.3 Å². The molecule has 0 radical (unpaired) electrons. The van der Waals surface area contributed by atoms with Crippen molar-refractivity contribution in [1.82, 2.24) is 19.5 Å². The highest BCUT2D eigenvalue weighted by Crippen LogP contribution is 2.33. The Kier molecular flexibility index (Phi) is 5.67. The van der Waals surface area contributed by atoms with Crippen molar-refractivity contribution in [3.05, 3.63) is 48.5 Å². The van der Waals surface area contributed by atoms with Crippen LogP contribution in [0.1, 0.15) is 24.8 Å². The van der Waals surface area contributed by atoms with Crippen molar-refractivity contribution in [2.24, 2.45) is 0 Å². The van der Waals surface area contributed by atoms with Gasteiger partial charge in [0.25, 0.3) is 0 Å². The lowest BCUT2D eigenvalue weighted by atomic mass is 10.0. The summed E-state index contributed by atoms with van der Waals surface area (Å²) in [6, 6.07) is 9.04. The molecule has 160 valence electrons. The highest BCUT2D eigenvalue weighted by molar-refractivity contribution is 5.83. The average Bonchev–Trinajstić information content (AvgIpc) is 3.33. The van der Waals surface area contributed by atoms with E-state index in [1.165, 1.54) is 17.2 Å². The minimum Gasteiger partial charge on any atom is -0.394 e. The summed E-state index contributed by atoms with van der Waals surface area (Å²) in [5.41, 5.74) is 1.66. The van der Waals surface area contributed by atoms with E-state index in [9.17, 15) is 20.4 Å². The lowest BCUT2D eigenvalue weighted by Crippen LogP contribution is -2.35. The van der Waals surface area contributed by atoms with Gasteiger partial charge in [-0.2, -0.15) is 0 Å². The number of hydrogen-bond acceptors (Lipinski definition) is 9. The van der Waals surface area contributed by atoms with Gasteiger partial charge in [-0.3, -0.25) is 4.57 Å². The Morgan fingerprint density at radius 1 is 1.13 bits per heavy atom. The van der Waals surface area contributed by atoms with E-state index in [2.05, 4.69) is 15.0 Å². The number of ether oxygens (including phenoxy) is 1. The van der Waals surface area contributed by atoms with E-state index in [4.69, 9.17) is 4.74 Å². The zero-order chi connectivity index (χ0) is 21.4. The number of anilines is 1. The van der Waals surface area contributed by atoms with Gasteiger partial charge in [-0.05, 0) is 12.5 Å². The fraction of sp³-hybridized carbons (Fsp3) is 0.450. The first-order valence-electron chi connectivity index (χ1n) is 9.69. The van der Waals surface area contributed by atoms with Gasteiger partial charge in [-0.25, -0.2) is 15.0 Å². The number of hydrogen-bond donors (Lipinski definition) is 4. The first-order valence-corrected chi connectivity index (χ1v) is 9.69.